The van der Waals surface area contributed by atoms with Crippen molar-refractivity contribution in [1.82, 2.24) is 10.2 Å². The summed E-state index contributed by atoms with van der Waals surface area (Å²) in [4.78, 5) is 14.4. The molecule has 1 atom stereocenters. The number of sulfone groups is 1. The highest BCUT2D eigenvalue weighted by molar-refractivity contribution is 7.91. The van der Waals surface area contributed by atoms with Crippen LogP contribution in [0.4, 0.5) is 0 Å². The molecule has 1 aromatic heterocycles. The summed E-state index contributed by atoms with van der Waals surface area (Å²) in [7, 11) is -3.04. The van der Waals surface area contributed by atoms with Crippen LogP contribution in [0.15, 0.2) is 17.5 Å². The minimum Gasteiger partial charge on any atom is -0.320 e. The van der Waals surface area contributed by atoms with Crippen LogP contribution in [-0.4, -0.2) is 43.8 Å². The smallest absolute Gasteiger partial charge is 0.238 e. The number of nitrogens with one attached hydrogen (secondary N) is 1. The van der Waals surface area contributed by atoms with Crippen molar-refractivity contribution in [3.8, 4) is 0 Å². The van der Waals surface area contributed by atoms with Crippen molar-refractivity contribution in [3.63, 3.8) is 0 Å². The summed E-state index contributed by atoms with van der Waals surface area (Å²) in [5.74, 6) is 0.102. The molecule has 0 radical (unpaired) electrons. The average molecular weight is 288 g/mol. The van der Waals surface area contributed by atoms with Crippen LogP contribution in [0, 0.1) is 0 Å². The fourth-order valence-corrected chi connectivity index (χ4v) is 3.45. The number of carbonyl (C=O) groups is 1. The van der Waals surface area contributed by atoms with Crippen LogP contribution in [0.2, 0.25) is 0 Å². The molecule has 2 heterocycles. The lowest BCUT2D eigenvalue weighted by Crippen LogP contribution is -2.34. The Morgan fingerprint density at radius 2 is 2.33 bits per heavy atom. The number of hydrogen-bond acceptors (Lipinski definition) is 5. The maximum Gasteiger partial charge on any atom is 0.238 e. The normalized spacial score (nSPS) is 20.6. The predicted molar refractivity (Wildman–Crippen MR) is 71.1 cm³/mol. The molecular weight excluding hydrogens is 272 g/mol. The van der Waals surface area contributed by atoms with Crippen molar-refractivity contribution in [2.75, 3.05) is 24.6 Å². The third-order valence-electron chi connectivity index (χ3n) is 2.97. The van der Waals surface area contributed by atoms with E-state index in [0.29, 0.717) is 0 Å². The van der Waals surface area contributed by atoms with Crippen LogP contribution >= 0.6 is 11.3 Å². The van der Waals surface area contributed by atoms with Crippen molar-refractivity contribution < 1.29 is 13.2 Å². The number of thiophene rings is 1. The van der Waals surface area contributed by atoms with Gasteiger partial charge in [0.15, 0.2) is 9.84 Å². The Balaban J connectivity index is 2.07. The van der Waals surface area contributed by atoms with Gasteiger partial charge in [0.1, 0.15) is 6.17 Å². The molecule has 0 aromatic carbocycles. The first-order valence-electron chi connectivity index (χ1n) is 5.80. The fourth-order valence-electron chi connectivity index (χ4n) is 1.88. The maximum absolute atomic E-state index is 11.8. The summed E-state index contributed by atoms with van der Waals surface area (Å²) < 4.78 is 23.0. The highest BCUT2D eigenvalue weighted by atomic mass is 32.2. The Kier molecular flexibility index (Phi) is 4.04. The molecule has 1 unspecified atom stereocenters. The van der Waals surface area contributed by atoms with Gasteiger partial charge in [0.2, 0.25) is 5.91 Å². The van der Waals surface area contributed by atoms with Gasteiger partial charge in [-0.25, -0.2) is 8.42 Å². The summed E-state index contributed by atoms with van der Waals surface area (Å²) in [6.07, 6.45) is -0.176. The molecule has 2 rings (SSSR count). The Morgan fingerprint density at radius 3 is 2.94 bits per heavy atom. The largest absolute Gasteiger partial charge is 0.320 e. The number of amides is 1. The lowest BCUT2D eigenvalue weighted by molar-refractivity contribution is -0.127. The molecule has 0 bridgehead atoms. The Morgan fingerprint density at radius 1 is 1.56 bits per heavy atom. The average Bonchev–Trinajstić information content (AvgIpc) is 2.96. The van der Waals surface area contributed by atoms with E-state index in [1.54, 1.807) is 23.2 Å². The van der Waals surface area contributed by atoms with Gasteiger partial charge < -0.3 is 4.90 Å². The second kappa shape index (κ2) is 5.38. The van der Waals surface area contributed by atoms with Crippen molar-refractivity contribution >= 4 is 27.1 Å². The number of rotatable bonds is 5. The van der Waals surface area contributed by atoms with Crippen LogP contribution in [0.5, 0.6) is 0 Å². The van der Waals surface area contributed by atoms with Gasteiger partial charge in [-0.3, -0.25) is 10.1 Å². The van der Waals surface area contributed by atoms with E-state index in [4.69, 9.17) is 0 Å². The molecule has 1 aliphatic rings. The zero-order chi connectivity index (χ0) is 13.2. The third kappa shape index (κ3) is 2.90. The SMILES string of the molecule is CCS(=O)(=O)CCN1C(=O)CNC1c1cccs1. The van der Waals surface area contributed by atoms with E-state index in [-0.39, 0.29) is 36.7 Å². The third-order valence-corrected chi connectivity index (χ3v) is 5.58. The summed E-state index contributed by atoms with van der Waals surface area (Å²) in [5, 5.41) is 5.05. The molecule has 5 nitrogen and oxygen atoms in total. The maximum atomic E-state index is 11.8. The van der Waals surface area contributed by atoms with Gasteiger partial charge in [0.05, 0.1) is 12.3 Å². The van der Waals surface area contributed by atoms with Gasteiger partial charge in [-0.2, -0.15) is 0 Å². The summed E-state index contributed by atoms with van der Waals surface area (Å²) in [6.45, 7) is 2.15. The first kappa shape index (κ1) is 13.5. The predicted octanol–water partition coefficient (Wildman–Crippen LogP) is 0.613. The highest BCUT2D eigenvalue weighted by Crippen LogP contribution is 2.25. The van der Waals surface area contributed by atoms with Crippen molar-refractivity contribution in [2.45, 2.75) is 13.1 Å². The van der Waals surface area contributed by atoms with Crippen LogP contribution in [0.1, 0.15) is 18.0 Å². The molecule has 1 aliphatic heterocycles. The van der Waals surface area contributed by atoms with E-state index >= 15 is 0 Å². The second-order valence-electron chi connectivity index (χ2n) is 4.12. The first-order chi connectivity index (χ1) is 8.53. The van der Waals surface area contributed by atoms with Crippen molar-refractivity contribution in [3.05, 3.63) is 22.4 Å². The molecule has 18 heavy (non-hydrogen) atoms. The lowest BCUT2D eigenvalue weighted by atomic mass is 10.3. The molecule has 100 valence electrons. The molecule has 0 aliphatic carbocycles. The van der Waals surface area contributed by atoms with Gasteiger partial charge in [0, 0.05) is 17.2 Å². The van der Waals surface area contributed by atoms with Crippen LogP contribution < -0.4 is 5.32 Å². The standard InChI is InChI=1S/C11H16N2O3S2/c1-2-18(15,16)7-5-13-10(14)8-12-11(13)9-4-3-6-17-9/h3-4,6,11-12H,2,5,7-8H2,1H3. The number of carbonyl (C=O) groups excluding carboxylic acids is 1. The van der Waals surface area contributed by atoms with Gasteiger partial charge >= 0.3 is 0 Å². The van der Waals surface area contributed by atoms with Gasteiger partial charge in [-0.05, 0) is 11.4 Å². The molecule has 1 N–H and O–H groups in total. The lowest BCUT2D eigenvalue weighted by Gasteiger charge is -2.23. The highest BCUT2D eigenvalue weighted by Gasteiger charge is 2.32. The molecule has 1 aromatic rings. The summed E-state index contributed by atoms with van der Waals surface area (Å²) in [5.41, 5.74) is 0. The number of nitrogens with zero attached hydrogens (tertiary/aromatic N) is 1. The van der Waals surface area contributed by atoms with Gasteiger partial charge in [0.25, 0.3) is 0 Å². The molecule has 1 saturated heterocycles. The van der Waals surface area contributed by atoms with E-state index in [9.17, 15) is 13.2 Å². The molecule has 1 amide bonds. The van der Waals surface area contributed by atoms with E-state index in [1.807, 2.05) is 17.5 Å². The topological polar surface area (TPSA) is 66.5 Å². The Bertz CT molecular complexity index is 510. The van der Waals surface area contributed by atoms with E-state index in [0.717, 1.165) is 4.88 Å². The zero-order valence-corrected chi connectivity index (χ0v) is 11.8. The minimum absolute atomic E-state index is 0.0266. The summed E-state index contributed by atoms with van der Waals surface area (Å²) in [6, 6.07) is 3.87. The van der Waals surface area contributed by atoms with Crippen molar-refractivity contribution in [1.29, 1.82) is 0 Å². The first-order valence-corrected chi connectivity index (χ1v) is 8.50. The van der Waals surface area contributed by atoms with Gasteiger partial charge in [-0.1, -0.05) is 13.0 Å². The summed E-state index contributed by atoms with van der Waals surface area (Å²) >= 11 is 1.56. The van der Waals surface area contributed by atoms with E-state index in [2.05, 4.69) is 5.32 Å². The monoisotopic (exact) mass is 288 g/mol. The van der Waals surface area contributed by atoms with Crippen LogP contribution in [0.3, 0.4) is 0 Å². The molecule has 1 fully saturated rings. The minimum atomic E-state index is -3.04. The van der Waals surface area contributed by atoms with Crippen LogP contribution in [-0.2, 0) is 14.6 Å². The van der Waals surface area contributed by atoms with Crippen molar-refractivity contribution in [2.24, 2.45) is 0 Å². The zero-order valence-electron chi connectivity index (χ0n) is 10.1. The number of hydrogen-bond donors (Lipinski definition) is 1. The van der Waals surface area contributed by atoms with Crippen LogP contribution in [0.25, 0.3) is 0 Å². The molecule has 0 spiro atoms. The second-order valence-corrected chi connectivity index (χ2v) is 7.57. The molecular formula is C11H16N2O3S2. The molecule has 0 saturated carbocycles. The molecule has 7 heteroatoms. The quantitative estimate of drug-likeness (QED) is 0.862. The van der Waals surface area contributed by atoms with E-state index in [1.165, 1.54) is 0 Å². The Labute approximate surface area is 111 Å². The van der Waals surface area contributed by atoms with E-state index < -0.39 is 9.84 Å². The van der Waals surface area contributed by atoms with Gasteiger partial charge in [-0.15, -0.1) is 11.3 Å². The fraction of sp³-hybridized carbons (Fsp3) is 0.545. The Hall–Kier alpha value is -0.920.